The Balaban J connectivity index is 1.89. The molecule has 2 aromatic heterocycles. The number of nitrogens with zero attached hydrogens (tertiary/aromatic N) is 2. The number of carbonyl (C=O) groups is 1. The molecule has 118 valence electrons. The van der Waals surface area contributed by atoms with Gasteiger partial charge in [-0.2, -0.15) is 9.49 Å². The van der Waals surface area contributed by atoms with Crippen LogP contribution >= 0.6 is 11.8 Å². The highest BCUT2D eigenvalue weighted by molar-refractivity contribution is 7.98. The highest BCUT2D eigenvalue weighted by atomic mass is 32.2. The number of rotatable bonds is 5. The van der Waals surface area contributed by atoms with E-state index in [1.165, 1.54) is 24.0 Å². The number of hydrogen-bond donors (Lipinski definition) is 0. The van der Waals surface area contributed by atoms with Crippen LogP contribution in [-0.2, 0) is 10.5 Å². The van der Waals surface area contributed by atoms with Crippen molar-refractivity contribution in [1.29, 1.82) is 0 Å². The number of thioether (sulfide) groups is 1. The molecule has 0 amide bonds. The number of aromatic nitrogens is 2. The molecule has 0 fully saturated rings. The topological polar surface area (TPSA) is 43.6 Å². The Kier molecular flexibility index (Phi) is 4.62. The summed E-state index contributed by atoms with van der Waals surface area (Å²) in [5.74, 6) is -0.278. The van der Waals surface area contributed by atoms with Crippen molar-refractivity contribution in [3.8, 4) is 0 Å². The van der Waals surface area contributed by atoms with Crippen molar-refractivity contribution in [3.63, 3.8) is 0 Å². The second-order valence-corrected chi connectivity index (χ2v) is 5.91. The molecule has 0 spiro atoms. The lowest BCUT2D eigenvalue weighted by atomic mass is 10.2. The van der Waals surface area contributed by atoms with Crippen molar-refractivity contribution in [3.05, 3.63) is 65.7 Å². The van der Waals surface area contributed by atoms with Crippen LogP contribution in [0.4, 0.5) is 4.39 Å². The zero-order chi connectivity index (χ0) is 16.2. The summed E-state index contributed by atoms with van der Waals surface area (Å²) in [6, 6.07) is 13.1. The first-order valence-corrected chi connectivity index (χ1v) is 8.18. The molecule has 0 saturated carbocycles. The first-order chi connectivity index (χ1) is 11.2. The number of halogens is 1. The Morgan fingerprint density at radius 2 is 2.09 bits per heavy atom. The number of carbonyl (C=O) groups excluding carboxylic acids is 1. The number of ether oxygens (including phenoxy) is 1. The summed E-state index contributed by atoms with van der Waals surface area (Å²) in [6.07, 6.45) is 1.34. The quantitative estimate of drug-likeness (QED) is 0.404. The first-order valence-electron chi connectivity index (χ1n) is 7.20. The Bertz CT molecular complexity index is 833. The average Bonchev–Trinajstić information content (AvgIpc) is 2.99. The molecule has 3 aromatic rings. The lowest BCUT2D eigenvalue weighted by Crippen LogP contribution is -2.04. The van der Waals surface area contributed by atoms with Crippen LogP contribution in [0.5, 0.6) is 0 Å². The molecule has 0 aliphatic carbocycles. The van der Waals surface area contributed by atoms with Gasteiger partial charge in [-0.3, -0.25) is 0 Å². The van der Waals surface area contributed by atoms with Crippen LogP contribution in [0.15, 0.2) is 53.6 Å². The van der Waals surface area contributed by atoms with Gasteiger partial charge in [-0.15, -0.1) is 11.8 Å². The third-order valence-electron chi connectivity index (χ3n) is 3.29. The predicted octanol–water partition coefficient (Wildman–Crippen LogP) is 3.94. The number of benzene rings is 1. The SMILES string of the molecule is CCOC(=O)c1cnn2c(F)cc(SCc3ccccc3)cc12. The van der Waals surface area contributed by atoms with Crippen molar-refractivity contribution in [2.75, 3.05) is 6.61 Å². The van der Waals surface area contributed by atoms with Gasteiger partial charge in [0.2, 0.25) is 5.95 Å². The molecule has 0 N–H and O–H groups in total. The first kappa shape index (κ1) is 15.6. The fraction of sp³-hybridized carbons (Fsp3) is 0.176. The average molecular weight is 330 g/mol. The summed E-state index contributed by atoms with van der Waals surface area (Å²) in [4.78, 5) is 12.7. The van der Waals surface area contributed by atoms with Crippen LogP contribution in [0.1, 0.15) is 22.8 Å². The summed E-state index contributed by atoms with van der Waals surface area (Å²) >= 11 is 1.51. The van der Waals surface area contributed by atoms with Gasteiger partial charge in [0.15, 0.2) is 0 Å². The van der Waals surface area contributed by atoms with Crippen molar-refractivity contribution in [1.82, 2.24) is 9.61 Å². The molecule has 0 radical (unpaired) electrons. The highest BCUT2D eigenvalue weighted by Crippen LogP contribution is 2.26. The molecule has 0 saturated heterocycles. The van der Waals surface area contributed by atoms with Crippen molar-refractivity contribution in [2.24, 2.45) is 0 Å². The Hall–Kier alpha value is -2.34. The molecular formula is C17H15FN2O2S. The minimum absolute atomic E-state index is 0.265. The second-order valence-electron chi connectivity index (χ2n) is 4.86. The Morgan fingerprint density at radius 3 is 2.83 bits per heavy atom. The Labute approximate surface area is 137 Å². The molecule has 0 unspecified atom stereocenters. The fourth-order valence-electron chi connectivity index (χ4n) is 2.21. The van der Waals surface area contributed by atoms with Crippen LogP contribution in [0.3, 0.4) is 0 Å². The van der Waals surface area contributed by atoms with E-state index in [9.17, 15) is 9.18 Å². The van der Waals surface area contributed by atoms with Gasteiger partial charge < -0.3 is 4.74 Å². The van der Waals surface area contributed by atoms with Crippen LogP contribution in [0, 0.1) is 5.95 Å². The van der Waals surface area contributed by atoms with Gasteiger partial charge in [-0.25, -0.2) is 9.31 Å². The normalized spacial score (nSPS) is 10.9. The van der Waals surface area contributed by atoms with Crippen molar-refractivity contribution < 1.29 is 13.9 Å². The summed E-state index contributed by atoms with van der Waals surface area (Å²) in [5.41, 5.74) is 1.84. The summed E-state index contributed by atoms with van der Waals surface area (Å²) in [5, 5.41) is 3.91. The molecule has 0 bridgehead atoms. The number of hydrogen-bond acceptors (Lipinski definition) is 4. The van der Waals surface area contributed by atoms with Gasteiger partial charge in [0.25, 0.3) is 0 Å². The summed E-state index contributed by atoms with van der Waals surface area (Å²) in [7, 11) is 0. The maximum absolute atomic E-state index is 14.2. The van der Waals surface area contributed by atoms with Crippen molar-refractivity contribution >= 4 is 23.2 Å². The van der Waals surface area contributed by atoms with Gasteiger partial charge >= 0.3 is 5.97 Å². The third-order valence-corrected chi connectivity index (χ3v) is 4.34. The van der Waals surface area contributed by atoms with E-state index in [1.807, 2.05) is 30.3 Å². The van der Waals surface area contributed by atoms with Crippen LogP contribution in [0.25, 0.3) is 5.52 Å². The largest absolute Gasteiger partial charge is 0.462 e. The molecule has 0 aliphatic heterocycles. The van der Waals surface area contributed by atoms with Gasteiger partial charge in [-0.1, -0.05) is 30.3 Å². The fourth-order valence-corrected chi connectivity index (χ4v) is 3.11. The van der Waals surface area contributed by atoms with E-state index in [2.05, 4.69) is 5.10 Å². The molecule has 3 rings (SSSR count). The molecule has 23 heavy (non-hydrogen) atoms. The molecule has 6 heteroatoms. The molecule has 0 atom stereocenters. The van der Waals surface area contributed by atoms with Gasteiger partial charge in [-0.05, 0) is 18.6 Å². The maximum atomic E-state index is 14.2. The minimum Gasteiger partial charge on any atom is -0.462 e. The van der Waals surface area contributed by atoms with Crippen LogP contribution in [-0.4, -0.2) is 22.2 Å². The lowest BCUT2D eigenvalue weighted by molar-refractivity contribution is 0.0528. The van der Waals surface area contributed by atoms with Gasteiger partial charge in [0, 0.05) is 16.7 Å². The molecule has 0 aliphatic rings. The van der Waals surface area contributed by atoms with E-state index < -0.39 is 11.9 Å². The van der Waals surface area contributed by atoms with E-state index in [4.69, 9.17) is 4.74 Å². The molecule has 2 heterocycles. The standard InChI is InChI=1S/C17H15FN2O2S/c1-2-22-17(21)14-10-19-20-15(14)8-13(9-16(20)18)23-11-12-6-4-3-5-7-12/h3-10H,2,11H2,1H3. The monoisotopic (exact) mass is 330 g/mol. The smallest absolute Gasteiger partial charge is 0.341 e. The number of pyridine rings is 1. The van der Waals surface area contributed by atoms with E-state index in [0.29, 0.717) is 5.52 Å². The summed E-state index contributed by atoms with van der Waals surface area (Å²) in [6.45, 7) is 1.99. The molecular weight excluding hydrogens is 315 g/mol. The lowest BCUT2D eigenvalue weighted by Gasteiger charge is -2.05. The van der Waals surface area contributed by atoms with E-state index in [1.54, 1.807) is 13.0 Å². The van der Waals surface area contributed by atoms with Crippen LogP contribution in [0.2, 0.25) is 0 Å². The zero-order valence-corrected chi connectivity index (χ0v) is 13.3. The van der Waals surface area contributed by atoms with Gasteiger partial charge in [0.05, 0.1) is 18.3 Å². The van der Waals surface area contributed by atoms with E-state index >= 15 is 0 Å². The van der Waals surface area contributed by atoms with Crippen molar-refractivity contribution in [2.45, 2.75) is 17.6 Å². The third kappa shape index (κ3) is 3.37. The van der Waals surface area contributed by atoms with E-state index in [-0.39, 0.29) is 12.2 Å². The molecule has 1 aromatic carbocycles. The minimum atomic E-state index is -0.506. The molecule has 4 nitrogen and oxygen atoms in total. The Morgan fingerprint density at radius 1 is 1.30 bits per heavy atom. The predicted molar refractivity (Wildman–Crippen MR) is 87.1 cm³/mol. The van der Waals surface area contributed by atoms with Gasteiger partial charge in [0.1, 0.15) is 5.56 Å². The second kappa shape index (κ2) is 6.83. The number of esters is 1. The maximum Gasteiger partial charge on any atom is 0.341 e. The summed E-state index contributed by atoms with van der Waals surface area (Å²) < 4.78 is 20.3. The van der Waals surface area contributed by atoms with Crippen LogP contribution < -0.4 is 0 Å². The van der Waals surface area contributed by atoms with E-state index in [0.717, 1.165) is 20.7 Å². The highest BCUT2D eigenvalue weighted by Gasteiger charge is 2.16. The zero-order valence-electron chi connectivity index (χ0n) is 12.5. The number of fused-ring (bicyclic) bond motifs is 1.